The predicted octanol–water partition coefficient (Wildman–Crippen LogP) is 6.27. The van der Waals surface area contributed by atoms with Crippen LogP contribution in [0.25, 0.3) is 0 Å². The number of allylic oxidation sites excluding steroid dienone is 2. The van der Waals surface area contributed by atoms with Crippen LogP contribution in [0.5, 0.6) is 5.75 Å². The highest BCUT2D eigenvalue weighted by molar-refractivity contribution is 8.03. The van der Waals surface area contributed by atoms with E-state index in [9.17, 15) is 14.9 Å². The quantitative estimate of drug-likeness (QED) is 0.289. The Balaban J connectivity index is 1.63. The van der Waals surface area contributed by atoms with E-state index in [1.54, 1.807) is 19.2 Å². The molecule has 3 aromatic rings. The molecule has 0 bridgehead atoms. The molecule has 3 aromatic carbocycles. The van der Waals surface area contributed by atoms with Gasteiger partial charge in [-0.2, -0.15) is 5.26 Å². The molecule has 0 saturated heterocycles. The molecular weight excluding hydrogens is 520 g/mol. The molecule has 204 valence electrons. The van der Waals surface area contributed by atoms with Crippen molar-refractivity contribution in [2.45, 2.75) is 33.1 Å². The zero-order valence-corrected chi connectivity index (χ0v) is 23.8. The number of carbonyl (C=O) groups is 2. The van der Waals surface area contributed by atoms with Gasteiger partial charge in [-0.05, 0) is 49.1 Å². The molecule has 0 aromatic heterocycles. The summed E-state index contributed by atoms with van der Waals surface area (Å²) in [6, 6.07) is 24.9. The van der Waals surface area contributed by atoms with Crippen LogP contribution in [-0.4, -0.2) is 24.7 Å². The monoisotopic (exact) mass is 552 g/mol. The van der Waals surface area contributed by atoms with Crippen LogP contribution in [0.4, 0.5) is 11.4 Å². The molecular formula is C32H32N4O3S. The van der Waals surface area contributed by atoms with E-state index in [4.69, 9.17) is 4.74 Å². The van der Waals surface area contributed by atoms with Crippen LogP contribution >= 0.6 is 11.8 Å². The van der Waals surface area contributed by atoms with Crippen molar-refractivity contribution in [3.8, 4) is 11.8 Å². The number of amides is 2. The maximum Gasteiger partial charge on any atom is 0.254 e. The molecule has 2 amide bonds. The summed E-state index contributed by atoms with van der Waals surface area (Å²) in [6.07, 6.45) is 0.804. The number of ether oxygens (including phenoxy) is 1. The van der Waals surface area contributed by atoms with Crippen molar-refractivity contribution in [1.29, 1.82) is 5.26 Å². The number of aryl methyl sites for hydroxylation is 2. The van der Waals surface area contributed by atoms with Crippen LogP contribution in [0.2, 0.25) is 0 Å². The molecule has 0 spiro atoms. The van der Waals surface area contributed by atoms with Crippen molar-refractivity contribution in [3.63, 3.8) is 0 Å². The Morgan fingerprint density at radius 1 is 1.00 bits per heavy atom. The average Bonchev–Trinajstić information content (AvgIpc) is 2.97. The molecule has 0 unspecified atom stereocenters. The highest BCUT2D eigenvalue weighted by Crippen LogP contribution is 2.41. The van der Waals surface area contributed by atoms with E-state index in [1.807, 2.05) is 74.5 Å². The third kappa shape index (κ3) is 6.22. The molecule has 0 radical (unpaired) electrons. The van der Waals surface area contributed by atoms with E-state index >= 15 is 0 Å². The van der Waals surface area contributed by atoms with Gasteiger partial charge in [-0.15, -0.1) is 0 Å². The highest BCUT2D eigenvalue weighted by atomic mass is 32.2. The van der Waals surface area contributed by atoms with E-state index in [2.05, 4.69) is 28.9 Å². The van der Waals surface area contributed by atoms with Crippen molar-refractivity contribution in [1.82, 2.24) is 5.32 Å². The zero-order valence-electron chi connectivity index (χ0n) is 23.0. The minimum atomic E-state index is -0.615. The molecule has 3 N–H and O–H groups in total. The number of thioether (sulfide) groups is 1. The first kappa shape index (κ1) is 28.5. The lowest BCUT2D eigenvalue weighted by Gasteiger charge is -2.30. The van der Waals surface area contributed by atoms with Gasteiger partial charge >= 0.3 is 0 Å². The molecule has 1 heterocycles. The number of rotatable bonds is 9. The second-order valence-corrected chi connectivity index (χ2v) is 10.3. The molecule has 7 nitrogen and oxygen atoms in total. The maximum atomic E-state index is 13.7. The molecule has 0 fully saturated rings. The number of benzene rings is 3. The minimum absolute atomic E-state index is 0.0997. The SMILES string of the molecule is CCc1cccc(C)c1NC(=O)CSC1=C(C#N)[C@@H](c2ccccc2)C(C(=O)Nc2ccccc2OC)=C(C)N1. The number of hydrogen-bond acceptors (Lipinski definition) is 6. The molecule has 8 heteroatoms. The van der Waals surface area contributed by atoms with Crippen LogP contribution in [0, 0.1) is 18.3 Å². The lowest BCUT2D eigenvalue weighted by Crippen LogP contribution is -2.31. The van der Waals surface area contributed by atoms with Crippen LogP contribution in [0.1, 0.15) is 36.5 Å². The largest absolute Gasteiger partial charge is 0.495 e. The van der Waals surface area contributed by atoms with Crippen molar-refractivity contribution >= 4 is 35.0 Å². The standard InChI is InChI=1S/C32H32N4O3S/c1-5-22-15-11-12-20(2)30(22)36-27(37)19-40-32-24(18-33)29(23-13-7-6-8-14-23)28(21(3)34-32)31(38)35-25-16-9-10-17-26(25)39-4/h6-17,29,34H,5,19H2,1-4H3,(H,35,38)(H,36,37)/t29-/m1/s1. The fourth-order valence-corrected chi connectivity index (χ4v) is 5.65. The van der Waals surface area contributed by atoms with Gasteiger partial charge in [-0.3, -0.25) is 9.59 Å². The number of methoxy groups -OCH3 is 1. The Bertz CT molecular complexity index is 1520. The Morgan fingerprint density at radius 3 is 2.42 bits per heavy atom. The Labute approximate surface area is 239 Å². The normalized spacial score (nSPS) is 14.7. The summed E-state index contributed by atoms with van der Waals surface area (Å²) in [5.41, 5.74) is 5.65. The Kier molecular flexibility index (Phi) is 9.31. The van der Waals surface area contributed by atoms with Crippen LogP contribution in [0.15, 0.2) is 94.7 Å². The van der Waals surface area contributed by atoms with Gasteiger partial charge in [0.05, 0.1) is 41.1 Å². The van der Waals surface area contributed by atoms with E-state index in [-0.39, 0.29) is 17.6 Å². The number of dihydropyridines is 1. The molecule has 1 aliphatic rings. The molecule has 0 saturated carbocycles. The average molecular weight is 553 g/mol. The van der Waals surface area contributed by atoms with Gasteiger partial charge in [0.1, 0.15) is 5.75 Å². The van der Waals surface area contributed by atoms with Crippen molar-refractivity contribution in [2.24, 2.45) is 0 Å². The van der Waals surface area contributed by atoms with Crippen molar-refractivity contribution in [2.75, 3.05) is 23.5 Å². The first-order valence-electron chi connectivity index (χ1n) is 13.0. The zero-order chi connectivity index (χ0) is 28.6. The van der Waals surface area contributed by atoms with E-state index in [0.29, 0.717) is 33.3 Å². The van der Waals surface area contributed by atoms with Gasteiger partial charge in [0.2, 0.25) is 5.91 Å². The van der Waals surface area contributed by atoms with E-state index in [0.717, 1.165) is 28.8 Å². The first-order valence-corrected chi connectivity index (χ1v) is 14.0. The summed E-state index contributed by atoms with van der Waals surface area (Å²) in [5.74, 6) is -0.492. The minimum Gasteiger partial charge on any atom is -0.495 e. The topological polar surface area (TPSA) is 103 Å². The lowest BCUT2D eigenvalue weighted by atomic mass is 9.82. The third-order valence-corrected chi connectivity index (χ3v) is 7.75. The van der Waals surface area contributed by atoms with Crippen molar-refractivity contribution in [3.05, 3.63) is 111 Å². The predicted molar refractivity (Wildman–Crippen MR) is 161 cm³/mol. The van der Waals surface area contributed by atoms with Gasteiger partial charge in [-0.25, -0.2) is 0 Å². The number of nitrogens with one attached hydrogen (secondary N) is 3. The fourth-order valence-electron chi connectivity index (χ4n) is 4.76. The van der Waals surface area contributed by atoms with Crippen LogP contribution in [0.3, 0.4) is 0 Å². The van der Waals surface area contributed by atoms with Gasteiger partial charge in [0.25, 0.3) is 5.91 Å². The van der Waals surface area contributed by atoms with Gasteiger partial charge in [0, 0.05) is 17.0 Å². The summed E-state index contributed by atoms with van der Waals surface area (Å²) in [6.45, 7) is 5.83. The first-order chi connectivity index (χ1) is 19.4. The summed E-state index contributed by atoms with van der Waals surface area (Å²) in [7, 11) is 1.54. The highest BCUT2D eigenvalue weighted by Gasteiger charge is 2.35. The summed E-state index contributed by atoms with van der Waals surface area (Å²) in [5, 5.41) is 20.1. The fraction of sp³-hybridized carbons (Fsp3) is 0.219. The molecule has 40 heavy (non-hydrogen) atoms. The Hall–Kier alpha value is -4.48. The number of nitrogens with zero attached hydrogens (tertiary/aromatic N) is 1. The number of anilines is 2. The van der Waals surface area contributed by atoms with E-state index < -0.39 is 5.92 Å². The van der Waals surface area contributed by atoms with Gasteiger partial charge < -0.3 is 20.7 Å². The van der Waals surface area contributed by atoms with E-state index in [1.165, 1.54) is 11.8 Å². The molecule has 0 aliphatic carbocycles. The molecule has 4 rings (SSSR count). The smallest absolute Gasteiger partial charge is 0.254 e. The van der Waals surface area contributed by atoms with Crippen LogP contribution in [-0.2, 0) is 16.0 Å². The Morgan fingerprint density at radius 2 is 1.73 bits per heavy atom. The van der Waals surface area contributed by atoms with Gasteiger partial charge in [0.15, 0.2) is 0 Å². The second kappa shape index (κ2) is 13.0. The molecule has 1 aliphatic heterocycles. The lowest BCUT2D eigenvalue weighted by molar-refractivity contribution is -0.114. The summed E-state index contributed by atoms with van der Waals surface area (Å²) < 4.78 is 5.40. The number of para-hydroxylation sites is 3. The van der Waals surface area contributed by atoms with Crippen molar-refractivity contribution < 1.29 is 14.3 Å². The van der Waals surface area contributed by atoms with Crippen LogP contribution < -0.4 is 20.7 Å². The molecule has 1 atom stereocenters. The van der Waals surface area contributed by atoms with Gasteiger partial charge in [-0.1, -0.05) is 79.3 Å². The number of carbonyl (C=O) groups excluding carboxylic acids is 2. The number of nitriles is 1. The third-order valence-electron chi connectivity index (χ3n) is 6.73. The summed E-state index contributed by atoms with van der Waals surface area (Å²) in [4.78, 5) is 26.7. The number of hydrogen-bond donors (Lipinski definition) is 3. The maximum absolute atomic E-state index is 13.7. The second-order valence-electron chi connectivity index (χ2n) is 9.32. The summed E-state index contributed by atoms with van der Waals surface area (Å²) >= 11 is 1.25.